The smallest absolute Gasteiger partial charge is 0.184 e. The lowest BCUT2D eigenvalue weighted by molar-refractivity contribution is 0.203. The lowest BCUT2D eigenvalue weighted by Gasteiger charge is -2.22. The van der Waals surface area contributed by atoms with Crippen molar-refractivity contribution in [2.75, 3.05) is 25.6 Å². The molecule has 0 amide bonds. The maximum Gasteiger partial charge on any atom is 0.184 e. The number of ether oxygens (including phenoxy) is 2. The second-order valence-corrected chi connectivity index (χ2v) is 8.83. The molecule has 0 atom stereocenters. The maximum absolute atomic E-state index is 7.70. The van der Waals surface area contributed by atoms with Gasteiger partial charge in [-0.05, 0) is 31.0 Å². The molecule has 168 valence electrons. The van der Waals surface area contributed by atoms with Crippen LogP contribution in [0, 0.1) is 5.41 Å². The highest BCUT2D eigenvalue weighted by Crippen LogP contribution is 2.33. The fourth-order valence-corrected chi connectivity index (χ4v) is 4.72. The molecule has 1 saturated carbocycles. The molecule has 1 aromatic carbocycles. The number of rotatable bonds is 10. The van der Waals surface area contributed by atoms with E-state index in [9.17, 15) is 0 Å². The Balaban J connectivity index is 1.45. The number of fused-ring (bicyclic) bond motifs is 1. The van der Waals surface area contributed by atoms with Crippen LogP contribution in [0.3, 0.4) is 0 Å². The molecule has 0 bridgehead atoms. The minimum absolute atomic E-state index is 0.537. The average molecular weight is 452 g/mol. The van der Waals surface area contributed by atoms with Gasteiger partial charge in [0.25, 0.3) is 0 Å². The predicted molar refractivity (Wildman–Crippen MR) is 131 cm³/mol. The van der Waals surface area contributed by atoms with Crippen molar-refractivity contribution in [1.82, 2.24) is 15.3 Å². The summed E-state index contributed by atoms with van der Waals surface area (Å²) >= 11 is 1.67. The molecule has 0 aliphatic heterocycles. The van der Waals surface area contributed by atoms with Gasteiger partial charge in [0.2, 0.25) is 0 Å². The van der Waals surface area contributed by atoms with E-state index in [1.165, 1.54) is 38.3 Å². The molecule has 32 heavy (non-hydrogen) atoms. The van der Waals surface area contributed by atoms with Crippen molar-refractivity contribution >= 4 is 38.5 Å². The van der Waals surface area contributed by atoms with Gasteiger partial charge in [-0.15, -0.1) is 0 Å². The predicted octanol–water partition coefficient (Wildman–Crippen LogP) is 5.45. The lowest BCUT2D eigenvalue weighted by atomic mass is 9.96. The van der Waals surface area contributed by atoms with Gasteiger partial charge < -0.3 is 25.5 Å². The first kappa shape index (κ1) is 22.2. The van der Waals surface area contributed by atoms with Crippen molar-refractivity contribution in [2.45, 2.75) is 38.1 Å². The zero-order chi connectivity index (χ0) is 22.2. The van der Waals surface area contributed by atoms with Gasteiger partial charge in [-0.25, -0.2) is 4.98 Å². The SMILES string of the molecule is COCCN/C=C(\C=N)c1cc(Oc2ccc3nc(NC4CCCCC4)sc3c2)ccn1. The molecule has 3 aromatic rings. The summed E-state index contributed by atoms with van der Waals surface area (Å²) in [5.41, 5.74) is 2.32. The Kier molecular flexibility index (Phi) is 7.68. The molecule has 0 unspecified atom stereocenters. The fraction of sp³-hybridized carbons (Fsp3) is 0.375. The maximum atomic E-state index is 7.70. The van der Waals surface area contributed by atoms with Crippen molar-refractivity contribution < 1.29 is 9.47 Å². The molecule has 8 heteroatoms. The highest BCUT2D eigenvalue weighted by atomic mass is 32.1. The van der Waals surface area contributed by atoms with E-state index in [0.717, 1.165) is 21.1 Å². The number of hydrogen-bond acceptors (Lipinski definition) is 8. The number of pyridine rings is 1. The number of anilines is 1. The third-order valence-electron chi connectivity index (χ3n) is 5.42. The van der Waals surface area contributed by atoms with E-state index in [-0.39, 0.29) is 0 Å². The Morgan fingerprint density at radius 1 is 1.19 bits per heavy atom. The van der Waals surface area contributed by atoms with Crippen LogP contribution in [-0.4, -0.2) is 42.5 Å². The van der Waals surface area contributed by atoms with Gasteiger partial charge in [0.1, 0.15) is 11.5 Å². The topological polar surface area (TPSA) is 92.2 Å². The third-order valence-corrected chi connectivity index (χ3v) is 6.37. The van der Waals surface area contributed by atoms with Crippen molar-refractivity contribution in [2.24, 2.45) is 0 Å². The molecule has 1 fully saturated rings. The number of aromatic nitrogens is 2. The molecule has 7 nitrogen and oxygen atoms in total. The summed E-state index contributed by atoms with van der Waals surface area (Å²) in [6.07, 6.45) is 11.1. The second-order valence-electron chi connectivity index (χ2n) is 7.80. The minimum atomic E-state index is 0.537. The summed E-state index contributed by atoms with van der Waals surface area (Å²) in [5.74, 6) is 1.42. The van der Waals surface area contributed by atoms with Crippen LogP contribution in [0.1, 0.15) is 37.8 Å². The summed E-state index contributed by atoms with van der Waals surface area (Å²) < 4.78 is 12.2. The molecule has 0 saturated heterocycles. The van der Waals surface area contributed by atoms with E-state index in [1.807, 2.05) is 30.3 Å². The number of allylic oxidation sites excluding steroid dienone is 1. The number of nitrogens with zero attached hydrogens (tertiary/aromatic N) is 2. The largest absolute Gasteiger partial charge is 0.457 e. The van der Waals surface area contributed by atoms with Crippen molar-refractivity contribution in [3.05, 3.63) is 48.4 Å². The Labute approximate surface area is 192 Å². The third kappa shape index (κ3) is 5.83. The normalized spacial score (nSPS) is 15.0. The Morgan fingerprint density at radius 2 is 2.03 bits per heavy atom. The summed E-state index contributed by atoms with van der Waals surface area (Å²) in [7, 11) is 1.66. The van der Waals surface area contributed by atoms with Crippen LogP contribution in [0.25, 0.3) is 15.8 Å². The van der Waals surface area contributed by atoms with E-state index in [1.54, 1.807) is 30.8 Å². The number of thiazole rings is 1. The van der Waals surface area contributed by atoms with Gasteiger partial charge in [-0.3, -0.25) is 4.98 Å². The highest BCUT2D eigenvalue weighted by molar-refractivity contribution is 7.22. The van der Waals surface area contributed by atoms with Crippen molar-refractivity contribution in [3.8, 4) is 11.5 Å². The molecule has 1 aliphatic carbocycles. The number of nitrogens with one attached hydrogen (secondary N) is 3. The number of benzene rings is 1. The second kappa shape index (κ2) is 11.1. The molecule has 2 heterocycles. The molecule has 0 spiro atoms. The van der Waals surface area contributed by atoms with E-state index in [4.69, 9.17) is 19.9 Å². The van der Waals surface area contributed by atoms with Gasteiger partial charge in [0, 0.05) is 56.0 Å². The van der Waals surface area contributed by atoms with Gasteiger partial charge in [0.15, 0.2) is 5.13 Å². The van der Waals surface area contributed by atoms with Crippen LogP contribution in [-0.2, 0) is 4.74 Å². The van der Waals surface area contributed by atoms with E-state index < -0.39 is 0 Å². The first-order chi connectivity index (χ1) is 15.7. The molecule has 2 aromatic heterocycles. The van der Waals surface area contributed by atoms with Crippen LogP contribution < -0.4 is 15.4 Å². The van der Waals surface area contributed by atoms with Gasteiger partial charge >= 0.3 is 0 Å². The monoisotopic (exact) mass is 451 g/mol. The summed E-state index contributed by atoms with van der Waals surface area (Å²) in [4.78, 5) is 9.11. The Hall–Kier alpha value is -2.97. The Morgan fingerprint density at radius 3 is 2.84 bits per heavy atom. The van der Waals surface area contributed by atoms with E-state index in [2.05, 4.69) is 15.6 Å². The Bertz CT molecular complexity index is 1080. The minimum Gasteiger partial charge on any atom is -0.457 e. The molecular weight excluding hydrogens is 422 g/mol. The van der Waals surface area contributed by atoms with Crippen LogP contribution >= 0.6 is 11.3 Å². The van der Waals surface area contributed by atoms with Crippen LogP contribution in [0.4, 0.5) is 5.13 Å². The van der Waals surface area contributed by atoms with Crippen LogP contribution in [0.5, 0.6) is 11.5 Å². The average Bonchev–Trinajstić information content (AvgIpc) is 3.21. The van der Waals surface area contributed by atoms with Crippen molar-refractivity contribution in [1.29, 1.82) is 5.41 Å². The summed E-state index contributed by atoms with van der Waals surface area (Å²) in [6.45, 7) is 1.26. The van der Waals surface area contributed by atoms with Gasteiger partial charge in [-0.2, -0.15) is 0 Å². The highest BCUT2D eigenvalue weighted by Gasteiger charge is 2.15. The zero-order valence-electron chi connectivity index (χ0n) is 18.3. The first-order valence-electron chi connectivity index (χ1n) is 11.0. The number of methoxy groups -OCH3 is 1. The van der Waals surface area contributed by atoms with E-state index >= 15 is 0 Å². The lowest BCUT2D eigenvalue weighted by Crippen LogP contribution is -2.21. The van der Waals surface area contributed by atoms with E-state index in [0.29, 0.717) is 36.2 Å². The summed E-state index contributed by atoms with van der Waals surface area (Å²) in [5, 5.41) is 15.4. The number of hydrogen-bond donors (Lipinski definition) is 3. The van der Waals surface area contributed by atoms with Gasteiger partial charge in [0.05, 0.1) is 22.5 Å². The molecule has 0 radical (unpaired) electrons. The van der Waals surface area contributed by atoms with Crippen molar-refractivity contribution in [3.63, 3.8) is 0 Å². The molecular formula is C24H29N5O2S. The van der Waals surface area contributed by atoms with Crippen LogP contribution in [0.2, 0.25) is 0 Å². The van der Waals surface area contributed by atoms with Crippen LogP contribution in [0.15, 0.2) is 42.7 Å². The van der Waals surface area contributed by atoms with Gasteiger partial charge in [-0.1, -0.05) is 30.6 Å². The molecule has 1 aliphatic rings. The molecule has 3 N–H and O–H groups in total. The molecule has 4 rings (SSSR count). The summed E-state index contributed by atoms with van der Waals surface area (Å²) in [6, 6.07) is 10.1. The standard InChI is InChI=1S/C24H29N5O2S/c1-30-12-11-26-16-17(15-25)22-13-20(9-10-27-22)31-19-7-8-21-23(14-19)32-24(29-21)28-18-5-3-2-4-6-18/h7-10,13-16,18,25-26H,2-6,11-12H2,1H3,(H,28,29)/b17-16+,25-15?. The first-order valence-corrected chi connectivity index (χ1v) is 11.8. The quantitative estimate of drug-likeness (QED) is 0.280. The fourth-order valence-electron chi connectivity index (χ4n) is 3.75. The zero-order valence-corrected chi connectivity index (χ0v) is 19.1.